The van der Waals surface area contributed by atoms with Gasteiger partial charge in [-0.1, -0.05) is 12.1 Å². The number of benzene rings is 1. The molecule has 1 aromatic rings. The van der Waals surface area contributed by atoms with Crippen LogP contribution in [0.3, 0.4) is 0 Å². The molecule has 5 nitrogen and oxygen atoms in total. The van der Waals surface area contributed by atoms with E-state index in [0.717, 1.165) is 12.2 Å². The van der Waals surface area contributed by atoms with Crippen molar-refractivity contribution in [2.45, 2.75) is 38.4 Å². The molecule has 0 spiro atoms. The van der Waals surface area contributed by atoms with E-state index in [2.05, 4.69) is 35.3 Å². The molecule has 1 heterocycles. The molecule has 1 saturated carbocycles. The predicted molar refractivity (Wildman–Crippen MR) is 82.2 cm³/mol. The fourth-order valence-corrected chi connectivity index (χ4v) is 2.83. The van der Waals surface area contributed by atoms with Crippen molar-refractivity contribution in [1.29, 1.82) is 0 Å². The Morgan fingerprint density at radius 3 is 2.95 bits per heavy atom. The van der Waals surface area contributed by atoms with Crippen molar-refractivity contribution in [3.05, 3.63) is 29.3 Å². The van der Waals surface area contributed by atoms with E-state index in [0.29, 0.717) is 25.8 Å². The van der Waals surface area contributed by atoms with Gasteiger partial charge in [-0.15, -0.1) is 0 Å². The highest BCUT2D eigenvalue weighted by molar-refractivity contribution is 5.84. The second-order valence-electron chi connectivity index (χ2n) is 5.96. The Hall–Kier alpha value is -1.59. The number of aryl methyl sites for hydroxylation is 1. The van der Waals surface area contributed by atoms with Gasteiger partial charge in [0.1, 0.15) is 6.04 Å². The van der Waals surface area contributed by atoms with Gasteiger partial charge in [0.25, 0.3) is 0 Å². The van der Waals surface area contributed by atoms with E-state index in [1.807, 2.05) is 0 Å². The number of rotatable bonds is 5. The summed E-state index contributed by atoms with van der Waals surface area (Å²) in [5.41, 5.74) is 9.04. The Morgan fingerprint density at radius 1 is 1.48 bits per heavy atom. The Labute approximate surface area is 125 Å². The summed E-state index contributed by atoms with van der Waals surface area (Å²) in [7, 11) is 0. The van der Waals surface area contributed by atoms with Gasteiger partial charge in [-0.2, -0.15) is 0 Å². The lowest BCUT2D eigenvalue weighted by Crippen LogP contribution is -2.52. The van der Waals surface area contributed by atoms with Crippen LogP contribution in [0, 0.1) is 6.92 Å². The summed E-state index contributed by atoms with van der Waals surface area (Å²) in [5, 5.41) is 3.52. The van der Waals surface area contributed by atoms with Gasteiger partial charge in [-0.05, 0) is 37.0 Å². The highest BCUT2D eigenvalue weighted by atomic mass is 16.5. The predicted octanol–water partition coefficient (Wildman–Crippen LogP) is 0.938. The monoisotopic (exact) mass is 289 g/mol. The van der Waals surface area contributed by atoms with E-state index in [9.17, 15) is 4.79 Å². The number of ether oxygens (including phenoxy) is 1. The number of primary amides is 1. The number of amides is 1. The fourth-order valence-electron chi connectivity index (χ4n) is 2.83. The average molecular weight is 289 g/mol. The second kappa shape index (κ2) is 6.03. The maximum Gasteiger partial charge on any atom is 0.242 e. The van der Waals surface area contributed by atoms with Crippen LogP contribution in [0.15, 0.2) is 18.2 Å². The molecular formula is C16H23N3O2. The molecule has 3 rings (SSSR count). The fraction of sp³-hybridized carbons (Fsp3) is 0.562. The quantitative estimate of drug-likeness (QED) is 0.846. The minimum atomic E-state index is -0.368. The topological polar surface area (TPSA) is 67.6 Å². The molecule has 21 heavy (non-hydrogen) atoms. The summed E-state index contributed by atoms with van der Waals surface area (Å²) in [6.07, 6.45) is 2.59. The zero-order chi connectivity index (χ0) is 14.8. The number of nitrogens with two attached hydrogens (primary N) is 1. The highest BCUT2D eigenvalue weighted by Crippen LogP contribution is 2.26. The van der Waals surface area contributed by atoms with Crippen LogP contribution in [0.25, 0.3) is 0 Å². The standard InChI is InChI=1S/C16H23N3O2/c1-11-8-12(9-18-13-3-4-13)2-5-14(11)19-6-7-21-10-15(19)16(17)20/h2,5,8,13,15,18H,3-4,6-7,9-10H2,1H3,(H2,17,20). The number of nitrogens with zero attached hydrogens (tertiary/aromatic N) is 1. The van der Waals surface area contributed by atoms with Crippen molar-refractivity contribution >= 4 is 11.6 Å². The van der Waals surface area contributed by atoms with Crippen molar-refractivity contribution in [3.8, 4) is 0 Å². The lowest BCUT2D eigenvalue weighted by Gasteiger charge is -2.36. The second-order valence-corrected chi connectivity index (χ2v) is 5.96. The third-order valence-corrected chi connectivity index (χ3v) is 4.20. The van der Waals surface area contributed by atoms with Gasteiger partial charge in [0.05, 0.1) is 13.2 Å². The average Bonchev–Trinajstić information content (AvgIpc) is 3.29. The number of anilines is 1. The van der Waals surface area contributed by atoms with Gasteiger partial charge in [-0.3, -0.25) is 4.79 Å². The maximum atomic E-state index is 11.6. The number of carbonyl (C=O) groups is 1. The number of hydrogen-bond donors (Lipinski definition) is 2. The van der Waals surface area contributed by atoms with Crippen LogP contribution >= 0.6 is 0 Å². The van der Waals surface area contributed by atoms with E-state index in [-0.39, 0.29) is 11.9 Å². The molecule has 1 aliphatic carbocycles. The SMILES string of the molecule is Cc1cc(CNC2CC2)ccc1N1CCOCC1C(N)=O. The molecule has 3 N–H and O–H groups in total. The molecule has 1 saturated heterocycles. The molecule has 1 amide bonds. The van der Waals surface area contributed by atoms with Crippen LogP contribution in [-0.2, 0) is 16.1 Å². The smallest absolute Gasteiger partial charge is 0.242 e. The number of carbonyl (C=O) groups excluding carboxylic acids is 1. The van der Waals surface area contributed by atoms with Gasteiger partial charge < -0.3 is 20.7 Å². The summed E-state index contributed by atoms with van der Waals surface area (Å²) in [4.78, 5) is 13.7. The number of morpholine rings is 1. The van der Waals surface area contributed by atoms with Crippen LogP contribution in [0.2, 0.25) is 0 Å². The molecule has 1 aromatic carbocycles. The first-order chi connectivity index (χ1) is 10.1. The van der Waals surface area contributed by atoms with Crippen LogP contribution in [0.4, 0.5) is 5.69 Å². The van der Waals surface area contributed by atoms with Crippen molar-refractivity contribution < 1.29 is 9.53 Å². The molecule has 1 atom stereocenters. The third kappa shape index (κ3) is 3.36. The molecule has 1 aliphatic heterocycles. The zero-order valence-electron chi connectivity index (χ0n) is 12.5. The van der Waals surface area contributed by atoms with Crippen LogP contribution in [0.5, 0.6) is 0 Å². The Kier molecular flexibility index (Phi) is 4.12. The van der Waals surface area contributed by atoms with Gasteiger partial charge in [-0.25, -0.2) is 0 Å². The third-order valence-electron chi connectivity index (χ3n) is 4.20. The van der Waals surface area contributed by atoms with Crippen LogP contribution in [-0.4, -0.2) is 37.7 Å². The Bertz CT molecular complexity index is 528. The minimum Gasteiger partial charge on any atom is -0.377 e. The van der Waals surface area contributed by atoms with Gasteiger partial charge in [0, 0.05) is 24.8 Å². The largest absolute Gasteiger partial charge is 0.377 e. The zero-order valence-corrected chi connectivity index (χ0v) is 12.5. The van der Waals surface area contributed by atoms with Crippen molar-refractivity contribution in [2.24, 2.45) is 5.73 Å². The van der Waals surface area contributed by atoms with E-state index in [1.54, 1.807) is 0 Å². The Morgan fingerprint density at radius 2 is 2.29 bits per heavy atom. The molecule has 0 aromatic heterocycles. The summed E-state index contributed by atoms with van der Waals surface area (Å²) >= 11 is 0. The molecule has 5 heteroatoms. The van der Waals surface area contributed by atoms with Crippen molar-refractivity contribution in [3.63, 3.8) is 0 Å². The van der Waals surface area contributed by atoms with Gasteiger partial charge >= 0.3 is 0 Å². The molecule has 1 unspecified atom stereocenters. The lowest BCUT2D eigenvalue weighted by atomic mass is 10.1. The van der Waals surface area contributed by atoms with Crippen LogP contribution in [0.1, 0.15) is 24.0 Å². The molecule has 2 fully saturated rings. The molecule has 0 bridgehead atoms. The summed E-state index contributed by atoms with van der Waals surface area (Å²) in [5.74, 6) is -0.325. The lowest BCUT2D eigenvalue weighted by molar-refractivity contribution is -0.121. The van der Waals surface area contributed by atoms with E-state index >= 15 is 0 Å². The van der Waals surface area contributed by atoms with E-state index < -0.39 is 0 Å². The van der Waals surface area contributed by atoms with Gasteiger partial charge in [0.15, 0.2) is 0 Å². The first-order valence-electron chi connectivity index (χ1n) is 7.62. The minimum absolute atomic E-state index is 0.325. The van der Waals surface area contributed by atoms with E-state index in [4.69, 9.17) is 10.5 Å². The van der Waals surface area contributed by atoms with E-state index in [1.165, 1.54) is 24.0 Å². The normalized spacial score (nSPS) is 22.3. The number of nitrogens with one attached hydrogen (secondary N) is 1. The first-order valence-corrected chi connectivity index (χ1v) is 7.62. The maximum absolute atomic E-state index is 11.6. The van der Waals surface area contributed by atoms with Gasteiger partial charge in [0.2, 0.25) is 5.91 Å². The molecule has 0 radical (unpaired) electrons. The molecule has 2 aliphatic rings. The van der Waals surface area contributed by atoms with Crippen LogP contribution < -0.4 is 16.0 Å². The summed E-state index contributed by atoms with van der Waals surface area (Å²) < 4.78 is 5.38. The summed E-state index contributed by atoms with van der Waals surface area (Å²) in [6.45, 7) is 4.71. The molecular weight excluding hydrogens is 266 g/mol. The van der Waals surface area contributed by atoms with Crippen molar-refractivity contribution in [1.82, 2.24) is 5.32 Å². The highest BCUT2D eigenvalue weighted by Gasteiger charge is 2.28. The Balaban J connectivity index is 1.75. The number of hydrogen-bond acceptors (Lipinski definition) is 4. The summed E-state index contributed by atoms with van der Waals surface area (Å²) in [6, 6.07) is 6.76. The first kappa shape index (κ1) is 14.4. The van der Waals surface area contributed by atoms with Crippen molar-refractivity contribution in [2.75, 3.05) is 24.7 Å². The molecule has 114 valence electrons.